The molecule has 0 saturated heterocycles. The van der Waals surface area contributed by atoms with Crippen LogP contribution in [0.5, 0.6) is 0 Å². The van der Waals surface area contributed by atoms with Crippen molar-refractivity contribution in [2.75, 3.05) is 6.54 Å². The molecule has 0 aliphatic rings. The third-order valence-corrected chi connectivity index (χ3v) is 4.31. The Balaban J connectivity index is 4.49. The summed E-state index contributed by atoms with van der Waals surface area (Å²) in [6.07, 6.45) is 1.71. The first kappa shape index (κ1) is 13.9. The Morgan fingerprint density at radius 2 is 1.86 bits per heavy atom. The van der Waals surface area contributed by atoms with Gasteiger partial charge in [-0.1, -0.05) is 13.3 Å². The normalized spacial score (nSPS) is 15.5. The second-order valence-corrected chi connectivity index (χ2v) is 6.92. The highest BCUT2D eigenvalue weighted by molar-refractivity contribution is 7.90. The van der Waals surface area contributed by atoms with Gasteiger partial charge in [0, 0.05) is 12.6 Å². The van der Waals surface area contributed by atoms with E-state index >= 15 is 0 Å². The third-order valence-electron chi connectivity index (χ3n) is 2.05. The van der Waals surface area contributed by atoms with Crippen LogP contribution in [0.15, 0.2) is 0 Å². The minimum atomic E-state index is -3.26. The molecule has 0 aromatic heterocycles. The fourth-order valence-electron chi connectivity index (χ4n) is 0.970. The molecule has 0 aromatic carbocycles. The van der Waals surface area contributed by atoms with E-state index in [-0.39, 0.29) is 6.04 Å². The molecule has 0 bridgehead atoms. The number of nitrogens with two attached hydrogens (primary N) is 1. The highest BCUT2D eigenvalue weighted by atomic mass is 32.2. The van der Waals surface area contributed by atoms with E-state index in [2.05, 4.69) is 4.72 Å². The van der Waals surface area contributed by atoms with Crippen LogP contribution in [0.4, 0.5) is 0 Å². The van der Waals surface area contributed by atoms with Crippen molar-refractivity contribution >= 4 is 10.0 Å². The van der Waals surface area contributed by atoms with Crippen LogP contribution < -0.4 is 10.5 Å². The van der Waals surface area contributed by atoms with Gasteiger partial charge in [0.25, 0.3) is 0 Å². The molecule has 3 N–H and O–H groups in total. The van der Waals surface area contributed by atoms with Crippen LogP contribution in [0.25, 0.3) is 0 Å². The van der Waals surface area contributed by atoms with Gasteiger partial charge in [0.1, 0.15) is 0 Å². The molecule has 0 heterocycles. The van der Waals surface area contributed by atoms with Gasteiger partial charge in [0.15, 0.2) is 0 Å². The zero-order chi connectivity index (χ0) is 11.4. The Morgan fingerprint density at radius 3 is 2.14 bits per heavy atom. The zero-order valence-electron chi connectivity index (χ0n) is 9.50. The first-order chi connectivity index (χ1) is 6.24. The Bertz CT molecular complexity index is 254. The van der Waals surface area contributed by atoms with Crippen molar-refractivity contribution < 1.29 is 8.42 Å². The monoisotopic (exact) mass is 222 g/mol. The van der Waals surface area contributed by atoms with Crippen LogP contribution >= 0.6 is 0 Å². The van der Waals surface area contributed by atoms with Crippen molar-refractivity contribution in [3.05, 3.63) is 0 Å². The fourth-order valence-corrected chi connectivity index (χ4v) is 1.98. The van der Waals surface area contributed by atoms with E-state index < -0.39 is 14.8 Å². The number of nitrogens with one attached hydrogen (secondary N) is 1. The van der Waals surface area contributed by atoms with Gasteiger partial charge in [-0.3, -0.25) is 0 Å². The molecule has 14 heavy (non-hydrogen) atoms. The SMILES string of the molecule is CCCC(CN)NS(=O)(=O)C(C)(C)C. The first-order valence-electron chi connectivity index (χ1n) is 4.96. The van der Waals surface area contributed by atoms with E-state index in [4.69, 9.17) is 5.73 Å². The lowest BCUT2D eigenvalue weighted by molar-refractivity contribution is 0.504. The molecular weight excluding hydrogens is 200 g/mol. The van der Waals surface area contributed by atoms with Crippen molar-refractivity contribution in [1.29, 1.82) is 0 Å². The van der Waals surface area contributed by atoms with Crippen molar-refractivity contribution in [3.8, 4) is 0 Å². The Morgan fingerprint density at radius 1 is 1.36 bits per heavy atom. The summed E-state index contributed by atoms with van der Waals surface area (Å²) in [4.78, 5) is 0. The van der Waals surface area contributed by atoms with Crippen LogP contribution in [-0.4, -0.2) is 25.8 Å². The molecule has 0 aliphatic heterocycles. The molecule has 0 aliphatic carbocycles. The van der Waals surface area contributed by atoms with Crippen LogP contribution in [0.2, 0.25) is 0 Å². The van der Waals surface area contributed by atoms with Gasteiger partial charge in [-0.2, -0.15) is 0 Å². The van der Waals surface area contributed by atoms with Gasteiger partial charge >= 0.3 is 0 Å². The summed E-state index contributed by atoms with van der Waals surface area (Å²) in [5.74, 6) is 0. The lowest BCUT2D eigenvalue weighted by atomic mass is 10.2. The van der Waals surface area contributed by atoms with E-state index in [1.165, 1.54) is 0 Å². The lowest BCUT2D eigenvalue weighted by Gasteiger charge is -2.24. The molecule has 0 fully saturated rings. The number of sulfonamides is 1. The molecule has 0 saturated carbocycles. The molecular formula is C9H22N2O2S. The summed E-state index contributed by atoms with van der Waals surface area (Å²) in [5, 5.41) is 0. The highest BCUT2D eigenvalue weighted by Gasteiger charge is 2.30. The minimum absolute atomic E-state index is 0.135. The summed E-state index contributed by atoms with van der Waals surface area (Å²) in [5.41, 5.74) is 5.48. The van der Waals surface area contributed by atoms with Crippen LogP contribution in [0, 0.1) is 0 Å². The molecule has 0 radical (unpaired) electrons. The maximum atomic E-state index is 11.7. The van der Waals surface area contributed by atoms with Gasteiger partial charge < -0.3 is 5.73 Å². The topological polar surface area (TPSA) is 72.2 Å². The molecule has 86 valence electrons. The predicted molar refractivity (Wildman–Crippen MR) is 59.6 cm³/mol. The average Bonchev–Trinajstić information content (AvgIpc) is 2.01. The Kier molecular flexibility index (Phi) is 5.05. The second kappa shape index (κ2) is 5.09. The van der Waals surface area contributed by atoms with Gasteiger partial charge in [0.05, 0.1) is 4.75 Å². The second-order valence-electron chi connectivity index (χ2n) is 4.45. The molecule has 0 amide bonds. The zero-order valence-corrected chi connectivity index (χ0v) is 10.3. The summed E-state index contributed by atoms with van der Waals surface area (Å²) in [6, 6.07) is -0.135. The fraction of sp³-hybridized carbons (Fsp3) is 1.00. The summed E-state index contributed by atoms with van der Waals surface area (Å²) < 4.78 is 25.3. The van der Waals surface area contributed by atoms with E-state index in [1.807, 2.05) is 6.92 Å². The molecule has 0 rings (SSSR count). The van der Waals surface area contributed by atoms with Crippen LogP contribution in [0.1, 0.15) is 40.5 Å². The molecule has 4 nitrogen and oxygen atoms in total. The van der Waals surface area contributed by atoms with Gasteiger partial charge in [-0.05, 0) is 27.2 Å². The number of rotatable bonds is 5. The number of hydrogen-bond acceptors (Lipinski definition) is 3. The van der Waals surface area contributed by atoms with E-state index in [0.717, 1.165) is 12.8 Å². The maximum absolute atomic E-state index is 11.7. The average molecular weight is 222 g/mol. The summed E-state index contributed by atoms with van der Waals surface area (Å²) in [6.45, 7) is 7.38. The standard InChI is InChI=1S/C9H22N2O2S/c1-5-6-8(7-10)11-14(12,13)9(2,3)4/h8,11H,5-7,10H2,1-4H3. The lowest BCUT2D eigenvalue weighted by Crippen LogP contribution is -2.47. The van der Waals surface area contributed by atoms with Gasteiger partial charge in [0.2, 0.25) is 10.0 Å². The largest absolute Gasteiger partial charge is 0.329 e. The van der Waals surface area contributed by atoms with Gasteiger partial charge in [-0.25, -0.2) is 13.1 Å². The van der Waals surface area contributed by atoms with Crippen LogP contribution in [-0.2, 0) is 10.0 Å². The Hall–Kier alpha value is -0.130. The number of hydrogen-bond donors (Lipinski definition) is 2. The minimum Gasteiger partial charge on any atom is -0.329 e. The quantitative estimate of drug-likeness (QED) is 0.724. The molecule has 0 aromatic rings. The summed E-state index contributed by atoms with van der Waals surface area (Å²) >= 11 is 0. The molecule has 1 unspecified atom stereocenters. The first-order valence-corrected chi connectivity index (χ1v) is 6.45. The molecule has 1 atom stereocenters. The van der Waals surface area contributed by atoms with E-state index in [1.54, 1.807) is 20.8 Å². The van der Waals surface area contributed by atoms with Crippen LogP contribution in [0.3, 0.4) is 0 Å². The van der Waals surface area contributed by atoms with Crippen molar-refractivity contribution in [3.63, 3.8) is 0 Å². The molecule has 5 heteroatoms. The Labute approximate surface area is 87.3 Å². The smallest absolute Gasteiger partial charge is 0.216 e. The highest BCUT2D eigenvalue weighted by Crippen LogP contribution is 2.14. The molecule has 0 spiro atoms. The predicted octanol–water partition coefficient (Wildman–Crippen LogP) is 0.832. The van der Waals surface area contributed by atoms with E-state index in [0.29, 0.717) is 6.54 Å². The van der Waals surface area contributed by atoms with Crippen molar-refractivity contribution in [2.45, 2.75) is 51.3 Å². The summed E-state index contributed by atoms with van der Waals surface area (Å²) in [7, 11) is -3.26. The van der Waals surface area contributed by atoms with Crippen molar-refractivity contribution in [2.24, 2.45) is 5.73 Å². The van der Waals surface area contributed by atoms with E-state index in [9.17, 15) is 8.42 Å². The maximum Gasteiger partial charge on any atom is 0.216 e. The third kappa shape index (κ3) is 3.94. The van der Waals surface area contributed by atoms with Crippen molar-refractivity contribution in [1.82, 2.24) is 4.72 Å². The van der Waals surface area contributed by atoms with Gasteiger partial charge in [-0.15, -0.1) is 0 Å².